The molecule has 4 nitrogen and oxygen atoms in total. The van der Waals surface area contributed by atoms with Crippen LogP contribution in [-0.4, -0.2) is 26.2 Å². The molecule has 17 heavy (non-hydrogen) atoms. The number of hydrogen-bond acceptors (Lipinski definition) is 4. The minimum atomic E-state index is -3.50. The topological polar surface area (TPSA) is 66.4 Å². The molecule has 1 aromatic heterocycles. The fourth-order valence-electron chi connectivity index (χ4n) is 1.33. The Morgan fingerprint density at radius 1 is 1.41 bits per heavy atom. The average molecular weight is 277 g/mol. The SMILES string of the molecule is CCc1ccc(S(=O)(=O)NC(CO)C(C)C)s1. The lowest BCUT2D eigenvalue weighted by Gasteiger charge is -2.19. The summed E-state index contributed by atoms with van der Waals surface area (Å²) in [5.74, 6) is 0.0559. The van der Waals surface area contributed by atoms with Crippen LogP contribution in [0, 0.1) is 5.92 Å². The Balaban J connectivity index is 2.88. The Hall–Kier alpha value is -0.430. The van der Waals surface area contributed by atoms with Gasteiger partial charge < -0.3 is 5.11 Å². The Labute approximate surface area is 107 Å². The first kappa shape index (κ1) is 14.6. The van der Waals surface area contributed by atoms with Gasteiger partial charge in [-0.3, -0.25) is 0 Å². The molecule has 0 bridgehead atoms. The third-order valence-electron chi connectivity index (χ3n) is 2.56. The van der Waals surface area contributed by atoms with Crippen LogP contribution in [0.5, 0.6) is 0 Å². The van der Waals surface area contributed by atoms with Crippen LogP contribution in [0.25, 0.3) is 0 Å². The van der Waals surface area contributed by atoms with Gasteiger partial charge in [-0.05, 0) is 24.5 Å². The van der Waals surface area contributed by atoms with Crippen LogP contribution in [0.3, 0.4) is 0 Å². The van der Waals surface area contributed by atoms with E-state index < -0.39 is 16.1 Å². The van der Waals surface area contributed by atoms with Gasteiger partial charge in [-0.1, -0.05) is 20.8 Å². The average Bonchev–Trinajstić information content (AvgIpc) is 2.74. The van der Waals surface area contributed by atoms with Crippen molar-refractivity contribution in [3.63, 3.8) is 0 Å². The molecule has 0 amide bonds. The molecule has 0 saturated carbocycles. The van der Waals surface area contributed by atoms with Crippen LogP contribution < -0.4 is 4.72 Å². The summed E-state index contributed by atoms with van der Waals surface area (Å²) in [4.78, 5) is 1.04. The van der Waals surface area contributed by atoms with Gasteiger partial charge >= 0.3 is 0 Å². The van der Waals surface area contributed by atoms with E-state index in [4.69, 9.17) is 5.11 Å². The van der Waals surface area contributed by atoms with Crippen molar-refractivity contribution in [1.82, 2.24) is 4.72 Å². The standard InChI is InChI=1S/C11H19NO3S2/c1-4-9-5-6-11(16-9)17(14,15)12-10(7-13)8(2)3/h5-6,8,10,12-13H,4,7H2,1-3H3. The number of nitrogens with one attached hydrogen (secondary N) is 1. The molecule has 0 aliphatic carbocycles. The van der Waals surface area contributed by atoms with Gasteiger partial charge in [0.05, 0.1) is 6.61 Å². The second-order valence-corrected chi connectivity index (χ2v) is 7.34. The first-order valence-electron chi connectivity index (χ1n) is 5.62. The number of rotatable bonds is 6. The maximum absolute atomic E-state index is 12.0. The molecular weight excluding hydrogens is 258 g/mol. The number of aliphatic hydroxyl groups excluding tert-OH is 1. The molecule has 1 atom stereocenters. The van der Waals surface area contributed by atoms with E-state index >= 15 is 0 Å². The van der Waals surface area contributed by atoms with Crippen molar-refractivity contribution in [2.75, 3.05) is 6.61 Å². The second kappa shape index (κ2) is 5.95. The van der Waals surface area contributed by atoms with Crippen molar-refractivity contribution in [3.05, 3.63) is 17.0 Å². The molecule has 1 rings (SSSR count). The largest absolute Gasteiger partial charge is 0.395 e. The zero-order valence-corrected chi connectivity index (χ0v) is 11.9. The van der Waals surface area contributed by atoms with E-state index in [1.165, 1.54) is 11.3 Å². The lowest BCUT2D eigenvalue weighted by Crippen LogP contribution is -2.40. The fraction of sp³-hybridized carbons (Fsp3) is 0.636. The highest BCUT2D eigenvalue weighted by molar-refractivity contribution is 7.91. The first-order valence-corrected chi connectivity index (χ1v) is 7.92. The molecule has 0 saturated heterocycles. The molecule has 0 spiro atoms. The summed E-state index contributed by atoms with van der Waals surface area (Å²) >= 11 is 1.27. The number of sulfonamides is 1. The number of hydrogen-bond donors (Lipinski definition) is 2. The summed E-state index contributed by atoms with van der Waals surface area (Å²) in [5, 5.41) is 9.13. The number of aliphatic hydroxyl groups is 1. The summed E-state index contributed by atoms with van der Waals surface area (Å²) in [6.07, 6.45) is 0.827. The molecule has 0 aliphatic heterocycles. The molecule has 6 heteroatoms. The molecule has 98 valence electrons. The number of aryl methyl sites for hydroxylation is 1. The maximum Gasteiger partial charge on any atom is 0.250 e. The Morgan fingerprint density at radius 2 is 2.06 bits per heavy atom. The summed E-state index contributed by atoms with van der Waals surface area (Å²) in [6, 6.07) is 3.00. The van der Waals surface area contributed by atoms with Crippen LogP contribution >= 0.6 is 11.3 Å². The van der Waals surface area contributed by atoms with Crippen molar-refractivity contribution < 1.29 is 13.5 Å². The monoisotopic (exact) mass is 277 g/mol. The molecule has 1 unspecified atom stereocenters. The Kier molecular flexibility index (Phi) is 5.12. The summed E-state index contributed by atoms with van der Waals surface area (Å²) in [6.45, 7) is 5.54. The van der Waals surface area contributed by atoms with E-state index in [-0.39, 0.29) is 12.5 Å². The minimum absolute atomic E-state index is 0.0559. The molecule has 0 radical (unpaired) electrons. The van der Waals surface area contributed by atoms with E-state index in [1.54, 1.807) is 6.07 Å². The summed E-state index contributed by atoms with van der Waals surface area (Å²) in [7, 11) is -3.50. The number of thiophene rings is 1. The minimum Gasteiger partial charge on any atom is -0.395 e. The maximum atomic E-state index is 12.0. The highest BCUT2D eigenvalue weighted by atomic mass is 32.2. The highest BCUT2D eigenvalue weighted by Gasteiger charge is 2.23. The molecule has 0 fully saturated rings. The molecular formula is C11H19NO3S2. The van der Waals surface area contributed by atoms with Crippen molar-refractivity contribution >= 4 is 21.4 Å². The van der Waals surface area contributed by atoms with Crippen LogP contribution in [-0.2, 0) is 16.4 Å². The molecule has 0 aromatic carbocycles. The normalized spacial score (nSPS) is 14.2. The van der Waals surface area contributed by atoms with Gasteiger partial charge in [0.15, 0.2) is 0 Å². The lowest BCUT2D eigenvalue weighted by molar-refractivity contribution is 0.228. The second-order valence-electron chi connectivity index (χ2n) is 4.23. The molecule has 1 heterocycles. The zero-order chi connectivity index (χ0) is 13.1. The predicted octanol–water partition coefficient (Wildman–Crippen LogP) is 1.61. The van der Waals surface area contributed by atoms with Gasteiger partial charge in [0.1, 0.15) is 4.21 Å². The lowest BCUT2D eigenvalue weighted by atomic mass is 10.1. The van der Waals surface area contributed by atoms with E-state index in [2.05, 4.69) is 4.72 Å². The van der Waals surface area contributed by atoms with E-state index in [0.717, 1.165) is 11.3 Å². The van der Waals surface area contributed by atoms with Crippen molar-refractivity contribution in [2.45, 2.75) is 37.4 Å². The third-order valence-corrected chi connectivity index (χ3v) is 5.77. The summed E-state index contributed by atoms with van der Waals surface area (Å²) < 4.78 is 26.9. The predicted molar refractivity (Wildman–Crippen MR) is 69.7 cm³/mol. The smallest absolute Gasteiger partial charge is 0.250 e. The van der Waals surface area contributed by atoms with Gasteiger partial charge in [-0.15, -0.1) is 11.3 Å². The van der Waals surface area contributed by atoms with Crippen molar-refractivity contribution in [2.24, 2.45) is 5.92 Å². The van der Waals surface area contributed by atoms with Gasteiger partial charge in [-0.25, -0.2) is 13.1 Å². The van der Waals surface area contributed by atoms with E-state index in [1.807, 2.05) is 26.8 Å². The van der Waals surface area contributed by atoms with Crippen molar-refractivity contribution in [3.8, 4) is 0 Å². The Bertz CT molecular complexity index is 451. The highest BCUT2D eigenvalue weighted by Crippen LogP contribution is 2.22. The fourth-order valence-corrected chi connectivity index (χ4v) is 4.02. The molecule has 1 aromatic rings. The summed E-state index contributed by atoms with van der Waals surface area (Å²) in [5.41, 5.74) is 0. The van der Waals surface area contributed by atoms with Crippen LogP contribution in [0.15, 0.2) is 16.3 Å². The quantitative estimate of drug-likeness (QED) is 0.830. The first-order chi connectivity index (χ1) is 7.90. The van der Waals surface area contributed by atoms with Crippen LogP contribution in [0.4, 0.5) is 0 Å². The van der Waals surface area contributed by atoms with Gasteiger partial charge in [0.2, 0.25) is 10.0 Å². The molecule has 0 aliphatic rings. The molecule has 2 N–H and O–H groups in total. The zero-order valence-electron chi connectivity index (χ0n) is 10.3. The van der Waals surface area contributed by atoms with Crippen LogP contribution in [0.2, 0.25) is 0 Å². The Morgan fingerprint density at radius 3 is 2.47 bits per heavy atom. The van der Waals surface area contributed by atoms with Gasteiger partial charge in [0, 0.05) is 10.9 Å². The van der Waals surface area contributed by atoms with E-state index in [9.17, 15) is 8.42 Å². The van der Waals surface area contributed by atoms with Crippen molar-refractivity contribution in [1.29, 1.82) is 0 Å². The van der Waals surface area contributed by atoms with Gasteiger partial charge in [0.25, 0.3) is 0 Å². The van der Waals surface area contributed by atoms with Gasteiger partial charge in [-0.2, -0.15) is 0 Å². The van der Waals surface area contributed by atoms with Crippen LogP contribution in [0.1, 0.15) is 25.6 Å². The van der Waals surface area contributed by atoms with E-state index in [0.29, 0.717) is 4.21 Å². The third kappa shape index (κ3) is 3.77.